The van der Waals surface area contributed by atoms with E-state index in [1.165, 1.54) is 0 Å². The Morgan fingerprint density at radius 3 is 0.886 bits per heavy atom. The molecule has 0 atom stereocenters. The average molecular weight is 491 g/mol. The zero-order chi connectivity index (χ0) is 26.7. The van der Waals surface area contributed by atoms with Crippen LogP contribution in [0.25, 0.3) is 11.1 Å². The van der Waals surface area contributed by atoms with Gasteiger partial charge in [0.2, 0.25) is 0 Å². The van der Waals surface area contributed by atoms with Crippen LogP contribution in [-0.4, -0.2) is 11.6 Å². The van der Waals surface area contributed by atoms with Crippen molar-refractivity contribution in [2.24, 2.45) is 21.7 Å². The lowest BCUT2D eigenvalue weighted by Crippen LogP contribution is -2.28. The SMILES string of the molecule is CC(C)(C)C1=CC(=c2ccc(=C3C=C(C(C)(C)C)C(=O)C(C(C)(C)C)=C3)s2)C=C(C(C)(C)C)C1=O. The molecular formula is C32H42O2S. The molecule has 0 aromatic carbocycles. The Morgan fingerprint density at radius 2 is 0.686 bits per heavy atom. The number of hydrogen-bond acceptors (Lipinski definition) is 3. The maximum absolute atomic E-state index is 13.3. The summed E-state index contributed by atoms with van der Waals surface area (Å²) in [6.45, 7) is 25.2. The molecule has 0 N–H and O–H groups in total. The van der Waals surface area contributed by atoms with Crippen molar-refractivity contribution in [3.05, 3.63) is 67.8 Å². The molecule has 0 fully saturated rings. The van der Waals surface area contributed by atoms with Gasteiger partial charge in [-0.25, -0.2) is 0 Å². The summed E-state index contributed by atoms with van der Waals surface area (Å²) in [4.78, 5) is 26.7. The number of hydrogen-bond donors (Lipinski definition) is 0. The first-order valence-corrected chi connectivity index (χ1v) is 13.4. The minimum atomic E-state index is -0.236. The van der Waals surface area contributed by atoms with Gasteiger partial charge in [-0.1, -0.05) is 83.1 Å². The molecule has 1 aromatic rings. The maximum Gasteiger partial charge on any atom is 0.186 e. The van der Waals surface area contributed by atoms with Crippen LogP contribution in [0.5, 0.6) is 0 Å². The predicted octanol–water partition coefficient (Wildman–Crippen LogP) is 7.10. The molecule has 0 spiro atoms. The smallest absolute Gasteiger partial charge is 0.186 e. The number of rotatable bonds is 0. The minimum Gasteiger partial charge on any atom is -0.289 e. The van der Waals surface area contributed by atoms with Gasteiger partial charge in [-0.2, -0.15) is 0 Å². The first-order chi connectivity index (χ1) is 15.7. The first kappa shape index (κ1) is 27.3. The summed E-state index contributed by atoms with van der Waals surface area (Å²) in [5.74, 6) is 0.308. The zero-order valence-electron chi connectivity index (χ0n) is 23.7. The lowest BCUT2D eigenvalue weighted by Gasteiger charge is -2.31. The molecule has 0 aliphatic heterocycles. The van der Waals surface area contributed by atoms with Gasteiger partial charge in [-0.05, 0) is 69.2 Å². The molecule has 0 saturated carbocycles. The van der Waals surface area contributed by atoms with Gasteiger partial charge in [0.25, 0.3) is 0 Å². The van der Waals surface area contributed by atoms with Crippen molar-refractivity contribution in [3.8, 4) is 0 Å². The van der Waals surface area contributed by atoms with E-state index in [1.54, 1.807) is 11.3 Å². The topological polar surface area (TPSA) is 34.1 Å². The summed E-state index contributed by atoms with van der Waals surface area (Å²) in [6.07, 6.45) is 8.31. The standard InChI is InChI=1S/C32H42O2S/c1-29(2,3)21-15-19(16-22(27(21)33)30(4,5)6)25-13-14-26(35-25)20-17-23(31(7,8)9)28(34)24(18-20)32(10,11)12/h13-18H,1-12H3. The Balaban J connectivity index is 2.35. The molecule has 2 nitrogen and oxygen atoms in total. The van der Waals surface area contributed by atoms with Crippen molar-refractivity contribution in [2.45, 2.75) is 83.1 Å². The Morgan fingerprint density at radius 1 is 0.457 bits per heavy atom. The second kappa shape index (κ2) is 8.69. The summed E-state index contributed by atoms with van der Waals surface area (Å²) in [7, 11) is 0. The molecule has 0 saturated heterocycles. The molecule has 3 rings (SSSR count). The molecule has 2 aliphatic rings. The van der Waals surface area contributed by atoms with Gasteiger partial charge in [0.15, 0.2) is 11.6 Å². The highest BCUT2D eigenvalue weighted by Gasteiger charge is 2.35. The van der Waals surface area contributed by atoms with Gasteiger partial charge < -0.3 is 0 Å². The number of thiophene rings is 1. The fourth-order valence-corrected chi connectivity index (χ4v) is 5.40. The van der Waals surface area contributed by atoms with E-state index in [0.29, 0.717) is 0 Å². The number of ketones is 2. The van der Waals surface area contributed by atoms with Crippen molar-refractivity contribution in [1.29, 1.82) is 0 Å². The van der Waals surface area contributed by atoms with E-state index >= 15 is 0 Å². The van der Waals surface area contributed by atoms with E-state index in [1.807, 2.05) is 0 Å². The summed E-state index contributed by atoms with van der Waals surface area (Å²) in [5.41, 5.74) is 4.66. The third kappa shape index (κ3) is 5.61. The monoisotopic (exact) mass is 490 g/mol. The summed E-state index contributed by atoms with van der Waals surface area (Å²) in [5, 5.41) is 0. The van der Waals surface area contributed by atoms with Crippen LogP contribution in [0.3, 0.4) is 0 Å². The number of Topliss-reactive ketones (excluding diaryl/α,β-unsaturated/α-hetero) is 2. The zero-order valence-corrected chi connectivity index (χ0v) is 24.5. The third-order valence-corrected chi connectivity index (χ3v) is 7.77. The second-order valence-electron chi connectivity index (χ2n) is 14.0. The summed E-state index contributed by atoms with van der Waals surface area (Å²) >= 11 is 1.72. The first-order valence-electron chi connectivity index (χ1n) is 12.5. The highest BCUT2D eigenvalue weighted by Crippen LogP contribution is 2.40. The minimum absolute atomic E-state index is 0.154. The van der Waals surface area contributed by atoms with E-state index in [9.17, 15) is 9.59 Å². The third-order valence-electron chi connectivity index (χ3n) is 6.58. The Bertz CT molecular complexity index is 1150. The van der Waals surface area contributed by atoms with E-state index < -0.39 is 0 Å². The van der Waals surface area contributed by atoms with Crippen LogP contribution in [0.1, 0.15) is 83.1 Å². The van der Waals surface area contributed by atoms with Crippen LogP contribution in [0, 0.1) is 21.7 Å². The van der Waals surface area contributed by atoms with Crippen LogP contribution in [0.4, 0.5) is 0 Å². The molecule has 0 bridgehead atoms. The molecule has 1 aromatic heterocycles. The van der Waals surface area contributed by atoms with Gasteiger partial charge in [0.05, 0.1) is 0 Å². The molecule has 35 heavy (non-hydrogen) atoms. The van der Waals surface area contributed by atoms with Crippen LogP contribution in [0.15, 0.2) is 58.7 Å². The fourth-order valence-electron chi connectivity index (χ4n) is 4.42. The van der Waals surface area contributed by atoms with Gasteiger partial charge in [-0.15, -0.1) is 11.3 Å². The second-order valence-corrected chi connectivity index (χ2v) is 15.0. The molecule has 0 unspecified atom stereocenters. The molecule has 2 aliphatic carbocycles. The molecular weight excluding hydrogens is 448 g/mol. The van der Waals surface area contributed by atoms with Crippen LogP contribution in [0.2, 0.25) is 0 Å². The molecule has 1 heterocycles. The fraction of sp³-hybridized carbons (Fsp3) is 0.500. The molecule has 0 amide bonds. The lowest BCUT2D eigenvalue weighted by molar-refractivity contribution is -0.114. The molecule has 188 valence electrons. The largest absolute Gasteiger partial charge is 0.289 e. The quantitative estimate of drug-likeness (QED) is 0.388. The van der Waals surface area contributed by atoms with Crippen LogP contribution >= 0.6 is 11.3 Å². The van der Waals surface area contributed by atoms with Gasteiger partial charge in [-0.3, -0.25) is 9.59 Å². The van der Waals surface area contributed by atoms with Gasteiger partial charge >= 0.3 is 0 Å². The van der Waals surface area contributed by atoms with E-state index in [-0.39, 0.29) is 33.2 Å². The van der Waals surface area contributed by atoms with Crippen molar-refractivity contribution in [3.63, 3.8) is 0 Å². The highest BCUT2D eigenvalue weighted by molar-refractivity contribution is 7.08. The Hall–Kier alpha value is -2.26. The van der Waals surface area contributed by atoms with Crippen LogP contribution < -0.4 is 9.06 Å². The van der Waals surface area contributed by atoms with Crippen molar-refractivity contribution >= 4 is 34.0 Å². The van der Waals surface area contributed by atoms with E-state index in [4.69, 9.17) is 0 Å². The van der Waals surface area contributed by atoms with Crippen molar-refractivity contribution in [2.75, 3.05) is 0 Å². The van der Waals surface area contributed by atoms with Crippen molar-refractivity contribution < 1.29 is 9.59 Å². The summed E-state index contributed by atoms with van der Waals surface area (Å²) in [6, 6.07) is 4.30. The van der Waals surface area contributed by atoms with Crippen LogP contribution in [-0.2, 0) is 9.59 Å². The highest BCUT2D eigenvalue weighted by atomic mass is 32.1. The Kier molecular flexibility index (Phi) is 6.79. The number of carbonyl (C=O) groups excluding carboxylic acids is 2. The maximum atomic E-state index is 13.3. The summed E-state index contributed by atoms with van der Waals surface area (Å²) < 4.78 is 2.27. The number of carbonyl (C=O) groups is 2. The lowest BCUT2D eigenvalue weighted by atomic mass is 9.72. The number of allylic oxidation sites excluding steroid dienone is 8. The predicted molar refractivity (Wildman–Crippen MR) is 151 cm³/mol. The molecule has 0 radical (unpaired) electrons. The van der Waals surface area contributed by atoms with Gasteiger partial charge in [0.1, 0.15) is 0 Å². The molecule has 3 heteroatoms. The Labute approximate surface area is 215 Å². The normalized spacial score (nSPS) is 18.4. The van der Waals surface area contributed by atoms with E-state index in [2.05, 4.69) is 120 Å². The van der Waals surface area contributed by atoms with E-state index in [0.717, 1.165) is 42.5 Å². The van der Waals surface area contributed by atoms with Crippen molar-refractivity contribution in [1.82, 2.24) is 0 Å². The average Bonchev–Trinajstić information content (AvgIpc) is 3.14. The van der Waals surface area contributed by atoms with Gasteiger partial charge in [0, 0.05) is 31.4 Å².